The van der Waals surface area contributed by atoms with Crippen molar-refractivity contribution in [2.45, 2.75) is 26.8 Å². The Bertz CT molecular complexity index is 379. The highest BCUT2D eigenvalue weighted by Crippen LogP contribution is 2.23. The number of hydrogen-bond acceptors (Lipinski definition) is 2. The number of nitrogens with one attached hydrogen (secondary N) is 2. The SMILES string of the molecule is CCNC(=O)C(C)Nc1ccc(C)cc1Cl. The van der Waals surface area contributed by atoms with E-state index in [4.69, 9.17) is 11.6 Å². The van der Waals surface area contributed by atoms with Crippen molar-refractivity contribution in [3.05, 3.63) is 28.8 Å². The molecule has 4 heteroatoms. The van der Waals surface area contributed by atoms with E-state index >= 15 is 0 Å². The van der Waals surface area contributed by atoms with Crippen LogP contribution >= 0.6 is 11.6 Å². The van der Waals surface area contributed by atoms with Gasteiger partial charge in [-0.2, -0.15) is 0 Å². The smallest absolute Gasteiger partial charge is 0.242 e. The van der Waals surface area contributed by atoms with Gasteiger partial charge in [-0.1, -0.05) is 17.7 Å². The van der Waals surface area contributed by atoms with Crippen molar-refractivity contribution >= 4 is 23.2 Å². The molecule has 0 aliphatic heterocycles. The van der Waals surface area contributed by atoms with Crippen molar-refractivity contribution in [3.63, 3.8) is 0 Å². The molecule has 1 unspecified atom stereocenters. The highest BCUT2D eigenvalue weighted by molar-refractivity contribution is 6.33. The van der Waals surface area contributed by atoms with Gasteiger partial charge in [0.25, 0.3) is 0 Å². The summed E-state index contributed by atoms with van der Waals surface area (Å²) in [5.74, 6) is -0.0286. The molecule has 0 bridgehead atoms. The predicted octanol–water partition coefficient (Wildman–Crippen LogP) is 2.58. The Kier molecular flexibility index (Phi) is 4.62. The van der Waals surface area contributed by atoms with Crippen LogP contribution in [0.25, 0.3) is 0 Å². The number of amides is 1. The molecule has 0 fully saturated rings. The molecule has 0 saturated carbocycles. The van der Waals surface area contributed by atoms with Gasteiger partial charge in [-0.15, -0.1) is 0 Å². The molecule has 1 rings (SSSR count). The summed E-state index contributed by atoms with van der Waals surface area (Å²) in [6.45, 7) is 6.31. The molecule has 1 aromatic carbocycles. The van der Waals surface area contributed by atoms with Gasteiger partial charge < -0.3 is 10.6 Å². The van der Waals surface area contributed by atoms with Crippen LogP contribution in [0.2, 0.25) is 5.02 Å². The summed E-state index contributed by atoms with van der Waals surface area (Å²) in [7, 11) is 0. The number of carbonyl (C=O) groups is 1. The van der Waals surface area contributed by atoms with Crippen LogP contribution in [0, 0.1) is 6.92 Å². The molecule has 0 aliphatic rings. The van der Waals surface area contributed by atoms with E-state index in [0.29, 0.717) is 11.6 Å². The maximum atomic E-state index is 11.5. The zero-order valence-electron chi connectivity index (χ0n) is 9.80. The standard InChI is InChI=1S/C12H17ClN2O/c1-4-14-12(16)9(3)15-11-6-5-8(2)7-10(11)13/h5-7,9,15H,4H2,1-3H3,(H,14,16). The Morgan fingerprint density at radius 2 is 2.19 bits per heavy atom. The van der Waals surface area contributed by atoms with Gasteiger partial charge in [-0.3, -0.25) is 4.79 Å². The fraction of sp³-hybridized carbons (Fsp3) is 0.417. The summed E-state index contributed by atoms with van der Waals surface area (Å²) in [5, 5.41) is 6.47. The van der Waals surface area contributed by atoms with E-state index in [1.165, 1.54) is 0 Å². The molecule has 1 atom stereocenters. The lowest BCUT2D eigenvalue weighted by Gasteiger charge is -2.15. The van der Waals surface area contributed by atoms with Crippen LogP contribution in [0.1, 0.15) is 19.4 Å². The van der Waals surface area contributed by atoms with E-state index in [1.807, 2.05) is 32.0 Å². The van der Waals surface area contributed by atoms with Crippen LogP contribution in [-0.4, -0.2) is 18.5 Å². The number of benzene rings is 1. The zero-order valence-corrected chi connectivity index (χ0v) is 10.6. The predicted molar refractivity (Wildman–Crippen MR) is 68.0 cm³/mol. The van der Waals surface area contributed by atoms with E-state index in [2.05, 4.69) is 10.6 Å². The van der Waals surface area contributed by atoms with E-state index in [1.54, 1.807) is 6.92 Å². The second kappa shape index (κ2) is 5.75. The summed E-state index contributed by atoms with van der Waals surface area (Å²) < 4.78 is 0. The van der Waals surface area contributed by atoms with Crippen molar-refractivity contribution < 1.29 is 4.79 Å². The topological polar surface area (TPSA) is 41.1 Å². The summed E-state index contributed by atoms with van der Waals surface area (Å²) in [6, 6.07) is 5.42. The Morgan fingerprint density at radius 3 is 2.75 bits per heavy atom. The first kappa shape index (κ1) is 12.8. The Morgan fingerprint density at radius 1 is 1.50 bits per heavy atom. The van der Waals surface area contributed by atoms with Crippen molar-refractivity contribution in [3.8, 4) is 0 Å². The zero-order chi connectivity index (χ0) is 12.1. The van der Waals surface area contributed by atoms with Crippen LogP contribution in [0.4, 0.5) is 5.69 Å². The molecular weight excluding hydrogens is 224 g/mol. The van der Waals surface area contributed by atoms with Gasteiger partial charge in [-0.25, -0.2) is 0 Å². The van der Waals surface area contributed by atoms with E-state index in [0.717, 1.165) is 11.3 Å². The van der Waals surface area contributed by atoms with Crippen LogP contribution < -0.4 is 10.6 Å². The molecule has 0 heterocycles. The summed E-state index contributed by atoms with van der Waals surface area (Å²) >= 11 is 6.06. The Balaban J connectivity index is 2.69. The second-order valence-corrected chi connectivity index (χ2v) is 4.15. The number of rotatable bonds is 4. The van der Waals surface area contributed by atoms with Gasteiger partial charge in [-0.05, 0) is 38.5 Å². The van der Waals surface area contributed by atoms with Crippen LogP contribution in [-0.2, 0) is 4.79 Å². The highest BCUT2D eigenvalue weighted by atomic mass is 35.5. The number of carbonyl (C=O) groups excluding carboxylic acids is 1. The van der Waals surface area contributed by atoms with Gasteiger partial charge in [0.1, 0.15) is 6.04 Å². The lowest BCUT2D eigenvalue weighted by atomic mass is 10.2. The van der Waals surface area contributed by atoms with Crippen molar-refractivity contribution in [1.82, 2.24) is 5.32 Å². The average Bonchev–Trinajstić information content (AvgIpc) is 2.22. The maximum Gasteiger partial charge on any atom is 0.242 e. The van der Waals surface area contributed by atoms with Crippen molar-refractivity contribution in [2.24, 2.45) is 0 Å². The number of halogens is 1. The van der Waals surface area contributed by atoms with Crippen molar-refractivity contribution in [2.75, 3.05) is 11.9 Å². The Hall–Kier alpha value is -1.22. The summed E-state index contributed by atoms with van der Waals surface area (Å²) in [6.07, 6.45) is 0. The number of hydrogen-bond donors (Lipinski definition) is 2. The lowest BCUT2D eigenvalue weighted by molar-refractivity contribution is -0.121. The first-order valence-electron chi connectivity index (χ1n) is 5.35. The van der Waals surface area contributed by atoms with Gasteiger partial charge >= 0.3 is 0 Å². The van der Waals surface area contributed by atoms with Gasteiger partial charge in [0.05, 0.1) is 10.7 Å². The number of likely N-dealkylation sites (N-methyl/N-ethyl adjacent to an activating group) is 1. The molecular formula is C12H17ClN2O. The molecule has 0 aliphatic carbocycles. The van der Waals surface area contributed by atoms with Crippen LogP contribution in [0.5, 0.6) is 0 Å². The van der Waals surface area contributed by atoms with E-state index in [-0.39, 0.29) is 11.9 Å². The molecule has 0 saturated heterocycles. The lowest BCUT2D eigenvalue weighted by Crippen LogP contribution is -2.37. The van der Waals surface area contributed by atoms with Gasteiger partial charge in [0.15, 0.2) is 0 Å². The number of anilines is 1. The molecule has 0 aromatic heterocycles. The maximum absolute atomic E-state index is 11.5. The first-order chi connectivity index (χ1) is 7.54. The quantitative estimate of drug-likeness (QED) is 0.850. The van der Waals surface area contributed by atoms with E-state index < -0.39 is 0 Å². The third-order valence-corrected chi connectivity index (χ3v) is 2.55. The van der Waals surface area contributed by atoms with Crippen LogP contribution in [0.3, 0.4) is 0 Å². The highest BCUT2D eigenvalue weighted by Gasteiger charge is 2.12. The normalized spacial score (nSPS) is 12.0. The van der Waals surface area contributed by atoms with Gasteiger partial charge in [0, 0.05) is 6.54 Å². The molecule has 1 aromatic rings. The van der Waals surface area contributed by atoms with E-state index in [9.17, 15) is 4.79 Å². The second-order valence-electron chi connectivity index (χ2n) is 3.74. The molecule has 1 amide bonds. The third kappa shape index (κ3) is 3.42. The monoisotopic (exact) mass is 240 g/mol. The fourth-order valence-corrected chi connectivity index (χ4v) is 1.65. The minimum Gasteiger partial charge on any atom is -0.373 e. The van der Waals surface area contributed by atoms with Crippen LogP contribution in [0.15, 0.2) is 18.2 Å². The minimum atomic E-state index is -0.292. The first-order valence-corrected chi connectivity index (χ1v) is 5.72. The van der Waals surface area contributed by atoms with Crippen molar-refractivity contribution in [1.29, 1.82) is 0 Å². The third-order valence-electron chi connectivity index (χ3n) is 2.24. The largest absolute Gasteiger partial charge is 0.373 e. The van der Waals surface area contributed by atoms with Gasteiger partial charge in [0.2, 0.25) is 5.91 Å². The molecule has 88 valence electrons. The molecule has 3 nitrogen and oxygen atoms in total. The molecule has 0 spiro atoms. The number of aryl methyl sites for hydroxylation is 1. The minimum absolute atomic E-state index is 0.0286. The molecule has 16 heavy (non-hydrogen) atoms. The summed E-state index contributed by atoms with van der Waals surface area (Å²) in [4.78, 5) is 11.5. The fourth-order valence-electron chi connectivity index (χ4n) is 1.36. The molecule has 2 N–H and O–H groups in total. The summed E-state index contributed by atoms with van der Waals surface area (Å²) in [5.41, 5.74) is 1.88. The molecule has 0 radical (unpaired) electrons. The average molecular weight is 241 g/mol. The Labute approximate surface area is 101 Å².